The predicted octanol–water partition coefficient (Wildman–Crippen LogP) is 6.92. The lowest BCUT2D eigenvalue weighted by Crippen LogP contribution is -2.27. The van der Waals surface area contributed by atoms with Gasteiger partial charge in [-0.2, -0.15) is 0 Å². The Morgan fingerprint density at radius 1 is 0.800 bits per heavy atom. The third-order valence-corrected chi connectivity index (χ3v) is 5.53. The van der Waals surface area contributed by atoms with Crippen molar-refractivity contribution in [3.63, 3.8) is 0 Å². The molecule has 0 aliphatic carbocycles. The summed E-state index contributed by atoms with van der Waals surface area (Å²) in [4.78, 5) is 11.6. The van der Waals surface area contributed by atoms with Gasteiger partial charge in [-0.05, 0) is 65.3 Å². The standard InChI is InChI=1S/C27H38O3/c1-26(2,3)21-14-12-20(13-15-21)10-8-7-9-11-24(25(28)29)30-23-18-16-22(17-19-23)27(4,5)6/h12-19,24H,7-11H2,1-6H3,(H,28,29). The van der Waals surface area contributed by atoms with Crippen molar-refractivity contribution >= 4 is 5.97 Å². The van der Waals surface area contributed by atoms with Gasteiger partial charge in [0.05, 0.1) is 0 Å². The molecule has 0 aliphatic heterocycles. The lowest BCUT2D eigenvalue weighted by atomic mass is 9.86. The van der Waals surface area contributed by atoms with E-state index in [1.54, 1.807) is 0 Å². The van der Waals surface area contributed by atoms with E-state index in [4.69, 9.17) is 4.74 Å². The fourth-order valence-corrected chi connectivity index (χ4v) is 3.44. The molecule has 0 amide bonds. The summed E-state index contributed by atoms with van der Waals surface area (Å²) in [5.41, 5.74) is 4.14. The second kappa shape index (κ2) is 10.1. The monoisotopic (exact) mass is 410 g/mol. The molecule has 2 aromatic rings. The summed E-state index contributed by atoms with van der Waals surface area (Å²) in [6, 6.07) is 16.6. The van der Waals surface area contributed by atoms with Crippen molar-refractivity contribution in [2.24, 2.45) is 0 Å². The first-order valence-corrected chi connectivity index (χ1v) is 11.1. The van der Waals surface area contributed by atoms with Crippen LogP contribution in [0, 0.1) is 0 Å². The number of ether oxygens (including phenoxy) is 1. The lowest BCUT2D eigenvalue weighted by Gasteiger charge is -2.20. The molecule has 164 valence electrons. The molecule has 0 saturated carbocycles. The number of benzene rings is 2. The number of aryl methyl sites for hydroxylation is 1. The molecule has 30 heavy (non-hydrogen) atoms. The van der Waals surface area contributed by atoms with E-state index in [0.29, 0.717) is 12.2 Å². The first-order valence-electron chi connectivity index (χ1n) is 11.1. The average molecular weight is 411 g/mol. The molecule has 0 aliphatic rings. The Morgan fingerprint density at radius 2 is 1.30 bits per heavy atom. The van der Waals surface area contributed by atoms with Crippen LogP contribution in [-0.4, -0.2) is 17.2 Å². The van der Waals surface area contributed by atoms with Crippen LogP contribution in [0.2, 0.25) is 0 Å². The van der Waals surface area contributed by atoms with Crippen LogP contribution in [0.15, 0.2) is 48.5 Å². The zero-order valence-electron chi connectivity index (χ0n) is 19.5. The number of rotatable bonds is 9. The van der Waals surface area contributed by atoms with Crippen molar-refractivity contribution in [2.75, 3.05) is 0 Å². The molecule has 1 atom stereocenters. The maximum Gasteiger partial charge on any atom is 0.344 e. The number of hydrogen-bond acceptors (Lipinski definition) is 2. The molecule has 2 aromatic carbocycles. The topological polar surface area (TPSA) is 46.5 Å². The Labute approximate surface area is 182 Å². The minimum Gasteiger partial charge on any atom is -0.479 e. The van der Waals surface area contributed by atoms with Gasteiger partial charge in [0.2, 0.25) is 0 Å². The summed E-state index contributed by atoms with van der Waals surface area (Å²) < 4.78 is 5.75. The van der Waals surface area contributed by atoms with Crippen molar-refractivity contribution in [1.82, 2.24) is 0 Å². The Hall–Kier alpha value is -2.29. The van der Waals surface area contributed by atoms with Crippen LogP contribution in [0.3, 0.4) is 0 Å². The highest BCUT2D eigenvalue weighted by Gasteiger charge is 2.20. The molecular formula is C27H38O3. The Morgan fingerprint density at radius 3 is 1.77 bits per heavy atom. The van der Waals surface area contributed by atoms with Crippen LogP contribution in [0.5, 0.6) is 5.75 Å². The van der Waals surface area contributed by atoms with Gasteiger partial charge in [0.15, 0.2) is 6.10 Å². The minimum atomic E-state index is -0.896. The minimum absolute atomic E-state index is 0.0673. The van der Waals surface area contributed by atoms with Crippen molar-refractivity contribution in [2.45, 2.75) is 90.6 Å². The molecule has 0 bridgehead atoms. The number of aliphatic carboxylic acids is 1. The third-order valence-electron chi connectivity index (χ3n) is 5.53. The fourth-order valence-electron chi connectivity index (χ4n) is 3.44. The van der Waals surface area contributed by atoms with Crippen LogP contribution >= 0.6 is 0 Å². The van der Waals surface area contributed by atoms with Crippen LogP contribution in [-0.2, 0) is 22.0 Å². The zero-order valence-corrected chi connectivity index (χ0v) is 19.5. The normalized spacial score (nSPS) is 13.1. The second-order valence-electron chi connectivity index (χ2n) is 10.3. The number of carboxylic acids is 1. The van der Waals surface area contributed by atoms with E-state index in [-0.39, 0.29) is 10.8 Å². The fraction of sp³-hybridized carbons (Fsp3) is 0.519. The van der Waals surface area contributed by atoms with E-state index in [0.717, 1.165) is 25.7 Å². The van der Waals surface area contributed by atoms with Crippen LogP contribution in [0.1, 0.15) is 83.9 Å². The summed E-state index contributed by atoms with van der Waals surface area (Å²) in [6.45, 7) is 13.1. The number of unbranched alkanes of at least 4 members (excludes halogenated alkanes) is 2. The van der Waals surface area contributed by atoms with E-state index in [2.05, 4.69) is 65.8 Å². The molecule has 0 heterocycles. The molecule has 0 aromatic heterocycles. The zero-order chi connectivity index (χ0) is 22.4. The Bertz CT molecular complexity index is 790. The summed E-state index contributed by atoms with van der Waals surface area (Å²) in [5, 5.41) is 9.52. The van der Waals surface area contributed by atoms with E-state index in [9.17, 15) is 9.90 Å². The van der Waals surface area contributed by atoms with E-state index < -0.39 is 12.1 Å². The van der Waals surface area contributed by atoms with E-state index in [1.807, 2.05) is 24.3 Å². The van der Waals surface area contributed by atoms with Crippen molar-refractivity contribution in [1.29, 1.82) is 0 Å². The molecule has 1 unspecified atom stereocenters. The number of hydrogen-bond donors (Lipinski definition) is 1. The van der Waals surface area contributed by atoms with Crippen LogP contribution < -0.4 is 4.74 Å². The second-order valence-corrected chi connectivity index (χ2v) is 10.3. The van der Waals surface area contributed by atoms with Gasteiger partial charge in [-0.1, -0.05) is 84.4 Å². The van der Waals surface area contributed by atoms with Gasteiger partial charge in [0.25, 0.3) is 0 Å². The molecule has 3 heteroatoms. The SMILES string of the molecule is CC(C)(C)c1ccc(CCCCCC(Oc2ccc(C(C)(C)C)cc2)C(=O)O)cc1. The number of carboxylic acid groups (broad SMARTS) is 1. The maximum absolute atomic E-state index is 11.6. The van der Waals surface area contributed by atoms with Crippen LogP contribution in [0.4, 0.5) is 0 Å². The van der Waals surface area contributed by atoms with Gasteiger partial charge >= 0.3 is 5.97 Å². The van der Waals surface area contributed by atoms with Crippen molar-refractivity contribution < 1.29 is 14.6 Å². The summed E-state index contributed by atoms with van der Waals surface area (Å²) in [7, 11) is 0. The van der Waals surface area contributed by atoms with Crippen LogP contribution in [0.25, 0.3) is 0 Å². The molecule has 3 nitrogen and oxygen atoms in total. The number of carbonyl (C=O) groups is 1. The molecular weight excluding hydrogens is 372 g/mol. The maximum atomic E-state index is 11.6. The molecule has 2 rings (SSSR count). The smallest absolute Gasteiger partial charge is 0.344 e. The Balaban J connectivity index is 1.78. The first-order chi connectivity index (χ1) is 14.0. The van der Waals surface area contributed by atoms with Gasteiger partial charge in [0, 0.05) is 0 Å². The molecule has 0 radical (unpaired) electrons. The Kier molecular flexibility index (Phi) is 8.11. The predicted molar refractivity (Wildman–Crippen MR) is 125 cm³/mol. The molecule has 0 saturated heterocycles. The molecule has 0 fully saturated rings. The molecule has 1 N–H and O–H groups in total. The van der Waals surface area contributed by atoms with E-state index in [1.165, 1.54) is 16.7 Å². The van der Waals surface area contributed by atoms with Gasteiger partial charge < -0.3 is 9.84 Å². The highest BCUT2D eigenvalue weighted by molar-refractivity contribution is 5.72. The van der Waals surface area contributed by atoms with Gasteiger partial charge in [-0.3, -0.25) is 0 Å². The average Bonchev–Trinajstić information content (AvgIpc) is 2.66. The van der Waals surface area contributed by atoms with Crippen molar-refractivity contribution in [3.05, 3.63) is 65.2 Å². The summed E-state index contributed by atoms with van der Waals surface area (Å²) in [5.74, 6) is -0.276. The quantitative estimate of drug-likeness (QED) is 0.457. The summed E-state index contributed by atoms with van der Waals surface area (Å²) in [6.07, 6.45) is 3.66. The largest absolute Gasteiger partial charge is 0.479 e. The highest BCUT2D eigenvalue weighted by Crippen LogP contribution is 2.25. The van der Waals surface area contributed by atoms with Crippen molar-refractivity contribution in [3.8, 4) is 5.75 Å². The van der Waals surface area contributed by atoms with Gasteiger partial charge in [0.1, 0.15) is 5.75 Å². The third kappa shape index (κ3) is 7.51. The lowest BCUT2D eigenvalue weighted by molar-refractivity contribution is -0.145. The summed E-state index contributed by atoms with van der Waals surface area (Å²) >= 11 is 0. The highest BCUT2D eigenvalue weighted by atomic mass is 16.5. The van der Waals surface area contributed by atoms with Gasteiger partial charge in [-0.15, -0.1) is 0 Å². The first kappa shape index (κ1) is 24.0. The molecule has 0 spiro atoms. The van der Waals surface area contributed by atoms with E-state index >= 15 is 0 Å². The van der Waals surface area contributed by atoms with Gasteiger partial charge in [-0.25, -0.2) is 4.79 Å².